The van der Waals surface area contributed by atoms with Crippen LogP contribution < -0.4 is 10.5 Å². The summed E-state index contributed by atoms with van der Waals surface area (Å²) in [6.07, 6.45) is -2.34. The van der Waals surface area contributed by atoms with E-state index in [9.17, 15) is 26.0 Å². The third-order valence-electron chi connectivity index (χ3n) is 5.14. The zero-order chi connectivity index (χ0) is 25.2. The Labute approximate surface area is 198 Å². The van der Waals surface area contributed by atoms with Crippen molar-refractivity contribution in [1.82, 2.24) is 14.7 Å². The number of benzene rings is 3. The van der Waals surface area contributed by atoms with Crippen molar-refractivity contribution in [3.05, 3.63) is 96.6 Å². The van der Waals surface area contributed by atoms with Crippen LogP contribution in [-0.4, -0.2) is 24.6 Å². The van der Waals surface area contributed by atoms with Gasteiger partial charge in [-0.2, -0.15) is 17.9 Å². The van der Waals surface area contributed by atoms with Gasteiger partial charge in [0, 0.05) is 11.1 Å². The molecular formula is C24H18F4N4O2S. The summed E-state index contributed by atoms with van der Waals surface area (Å²) in [5, 5.41) is 0. The van der Waals surface area contributed by atoms with Crippen LogP contribution in [0.25, 0.3) is 22.4 Å². The Bertz CT molecular complexity index is 1440. The minimum Gasteiger partial charge on any atom is -0.382 e. The minimum absolute atomic E-state index is 0.0304. The maximum absolute atomic E-state index is 14.9. The Kier molecular flexibility index (Phi) is 6.55. The van der Waals surface area contributed by atoms with E-state index < -0.39 is 33.0 Å². The highest BCUT2D eigenvalue weighted by Crippen LogP contribution is 2.36. The van der Waals surface area contributed by atoms with Gasteiger partial charge >= 0.3 is 6.18 Å². The fraction of sp³-hybridized carbons (Fsp3) is 0.0833. The van der Waals surface area contributed by atoms with Crippen molar-refractivity contribution in [2.45, 2.75) is 17.1 Å². The predicted molar refractivity (Wildman–Crippen MR) is 123 cm³/mol. The van der Waals surface area contributed by atoms with Gasteiger partial charge in [-0.15, -0.1) is 0 Å². The third kappa shape index (κ3) is 5.31. The molecule has 4 rings (SSSR count). The van der Waals surface area contributed by atoms with E-state index in [4.69, 9.17) is 5.73 Å². The summed E-state index contributed by atoms with van der Waals surface area (Å²) in [5.41, 5.74) is 5.73. The molecule has 0 amide bonds. The molecule has 3 aromatic carbocycles. The van der Waals surface area contributed by atoms with Crippen LogP contribution >= 0.6 is 0 Å². The lowest BCUT2D eigenvalue weighted by molar-refractivity contribution is -0.153. The molecule has 4 aromatic rings. The number of nitrogen functional groups attached to an aromatic ring is 1. The molecule has 1 heterocycles. The molecule has 1 aromatic heterocycles. The maximum Gasteiger partial charge on any atom is 0.408 e. The lowest BCUT2D eigenvalue weighted by Gasteiger charge is -2.23. The number of anilines is 1. The molecule has 180 valence electrons. The smallest absolute Gasteiger partial charge is 0.382 e. The molecule has 0 saturated heterocycles. The SMILES string of the molecule is Nc1cnc(-c2ccc(-c3ccccc3S(=O)(=O)N[C@@H](c3ccccc3)C(F)(F)F)cc2F)cn1. The number of rotatable bonds is 6. The van der Waals surface area contributed by atoms with Crippen LogP contribution in [0.1, 0.15) is 11.6 Å². The topological polar surface area (TPSA) is 98.0 Å². The Morgan fingerprint density at radius 1 is 0.857 bits per heavy atom. The van der Waals surface area contributed by atoms with Crippen molar-refractivity contribution in [2.75, 3.05) is 5.73 Å². The molecule has 6 nitrogen and oxygen atoms in total. The number of nitrogens with two attached hydrogens (primary N) is 1. The average molecular weight is 502 g/mol. The lowest BCUT2D eigenvalue weighted by Crippen LogP contribution is -2.38. The van der Waals surface area contributed by atoms with Gasteiger partial charge in [-0.1, -0.05) is 54.6 Å². The summed E-state index contributed by atoms with van der Waals surface area (Å²) < 4.78 is 84.2. The molecule has 35 heavy (non-hydrogen) atoms. The number of hydrogen-bond acceptors (Lipinski definition) is 5. The fourth-order valence-electron chi connectivity index (χ4n) is 3.49. The molecule has 0 aliphatic heterocycles. The molecule has 0 spiro atoms. The number of alkyl halides is 3. The summed E-state index contributed by atoms with van der Waals surface area (Å²) in [4.78, 5) is 7.45. The first-order valence-corrected chi connectivity index (χ1v) is 11.7. The second kappa shape index (κ2) is 9.43. The fourth-order valence-corrected chi connectivity index (χ4v) is 4.94. The second-order valence-corrected chi connectivity index (χ2v) is 9.21. The number of halogens is 4. The van der Waals surface area contributed by atoms with E-state index in [0.717, 1.165) is 12.1 Å². The van der Waals surface area contributed by atoms with Crippen molar-refractivity contribution in [2.24, 2.45) is 0 Å². The van der Waals surface area contributed by atoms with Crippen LogP contribution in [0.2, 0.25) is 0 Å². The van der Waals surface area contributed by atoms with Crippen LogP contribution in [0, 0.1) is 5.82 Å². The summed E-state index contributed by atoms with van der Waals surface area (Å²) in [6.45, 7) is 0. The molecule has 0 fully saturated rings. The standard InChI is InChI=1S/C24H18F4N4O2S/c25-19-12-16(10-11-18(19)20-13-31-22(29)14-30-20)17-8-4-5-9-21(17)35(33,34)32-23(24(26,27)28)15-6-2-1-3-7-15/h1-14,23,32H,(H2,29,31)/t23-/m0/s1. The number of sulfonamides is 1. The highest BCUT2D eigenvalue weighted by Gasteiger charge is 2.43. The highest BCUT2D eigenvalue weighted by atomic mass is 32.2. The van der Waals surface area contributed by atoms with Gasteiger partial charge in [0.15, 0.2) is 0 Å². The molecule has 0 aliphatic carbocycles. The minimum atomic E-state index is -4.89. The monoisotopic (exact) mass is 502 g/mol. The van der Waals surface area contributed by atoms with E-state index in [1.165, 1.54) is 73.1 Å². The molecule has 0 unspecified atom stereocenters. The zero-order valence-corrected chi connectivity index (χ0v) is 18.7. The molecule has 0 bridgehead atoms. The van der Waals surface area contributed by atoms with Crippen LogP contribution in [-0.2, 0) is 10.0 Å². The normalized spacial score (nSPS) is 12.9. The van der Waals surface area contributed by atoms with Crippen LogP contribution in [0.5, 0.6) is 0 Å². The molecule has 3 N–H and O–H groups in total. The van der Waals surface area contributed by atoms with E-state index in [1.807, 2.05) is 0 Å². The molecule has 1 atom stereocenters. The highest BCUT2D eigenvalue weighted by molar-refractivity contribution is 7.89. The Morgan fingerprint density at radius 3 is 2.17 bits per heavy atom. The number of hydrogen-bond donors (Lipinski definition) is 2. The summed E-state index contributed by atoms with van der Waals surface area (Å²) in [5.74, 6) is -0.565. The van der Waals surface area contributed by atoms with Gasteiger partial charge in [0.1, 0.15) is 17.7 Å². The quantitative estimate of drug-likeness (QED) is 0.357. The number of nitrogens with zero attached hydrogens (tertiary/aromatic N) is 2. The number of nitrogens with one attached hydrogen (secondary N) is 1. The molecule has 11 heteroatoms. The van der Waals surface area contributed by atoms with E-state index in [-0.39, 0.29) is 33.8 Å². The van der Waals surface area contributed by atoms with Crippen LogP contribution in [0.3, 0.4) is 0 Å². The van der Waals surface area contributed by atoms with Crippen molar-refractivity contribution in [1.29, 1.82) is 0 Å². The van der Waals surface area contributed by atoms with Gasteiger partial charge in [0.25, 0.3) is 0 Å². The van der Waals surface area contributed by atoms with Crippen molar-refractivity contribution in [3.8, 4) is 22.4 Å². The van der Waals surface area contributed by atoms with Crippen molar-refractivity contribution in [3.63, 3.8) is 0 Å². The van der Waals surface area contributed by atoms with E-state index in [0.29, 0.717) is 0 Å². The van der Waals surface area contributed by atoms with Gasteiger partial charge < -0.3 is 5.73 Å². The Hall–Kier alpha value is -3.83. The van der Waals surface area contributed by atoms with E-state index in [1.54, 1.807) is 4.72 Å². The predicted octanol–water partition coefficient (Wildman–Crippen LogP) is 5.11. The molecule has 0 saturated carbocycles. The zero-order valence-electron chi connectivity index (χ0n) is 17.9. The maximum atomic E-state index is 14.9. The second-order valence-electron chi connectivity index (χ2n) is 7.52. The first kappa shape index (κ1) is 24.3. The first-order valence-electron chi connectivity index (χ1n) is 10.2. The average Bonchev–Trinajstić information content (AvgIpc) is 2.83. The van der Waals surface area contributed by atoms with Crippen LogP contribution in [0.15, 0.2) is 90.1 Å². The lowest BCUT2D eigenvalue weighted by atomic mass is 10.0. The van der Waals surface area contributed by atoms with E-state index >= 15 is 0 Å². The largest absolute Gasteiger partial charge is 0.408 e. The third-order valence-corrected chi connectivity index (χ3v) is 6.62. The van der Waals surface area contributed by atoms with Gasteiger partial charge in [0.2, 0.25) is 10.0 Å². The molecule has 0 aliphatic rings. The Balaban J connectivity index is 1.73. The molecule has 0 radical (unpaired) electrons. The van der Waals surface area contributed by atoms with Gasteiger partial charge in [-0.3, -0.25) is 4.98 Å². The number of aromatic nitrogens is 2. The van der Waals surface area contributed by atoms with Gasteiger partial charge in [-0.05, 0) is 29.3 Å². The summed E-state index contributed by atoms with van der Waals surface area (Å²) >= 11 is 0. The van der Waals surface area contributed by atoms with Gasteiger partial charge in [-0.25, -0.2) is 17.8 Å². The van der Waals surface area contributed by atoms with Crippen molar-refractivity contribution >= 4 is 15.8 Å². The van der Waals surface area contributed by atoms with Crippen LogP contribution in [0.4, 0.5) is 23.4 Å². The van der Waals surface area contributed by atoms with E-state index in [2.05, 4.69) is 9.97 Å². The summed E-state index contributed by atoms with van der Waals surface area (Å²) in [7, 11) is -4.68. The van der Waals surface area contributed by atoms with Gasteiger partial charge in [0.05, 0.1) is 23.0 Å². The van der Waals surface area contributed by atoms with Crippen molar-refractivity contribution < 1.29 is 26.0 Å². The Morgan fingerprint density at radius 2 is 1.54 bits per heavy atom. The molecular weight excluding hydrogens is 484 g/mol. The first-order chi connectivity index (χ1) is 16.6. The summed E-state index contributed by atoms with van der Waals surface area (Å²) in [6, 6.07) is 13.5.